The molecule has 0 radical (unpaired) electrons. The van der Waals surface area contributed by atoms with Gasteiger partial charge in [0.25, 0.3) is 0 Å². The number of hydrogen-bond acceptors (Lipinski definition) is 5. The summed E-state index contributed by atoms with van der Waals surface area (Å²) < 4.78 is 5.28. The van der Waals surface area contributed by atoms with Crippen LogP contribution >= 0.6 is 11.8 Å². The zero-order valence-electron chi connectivity index (χ0n) is 11.6. The first-order chi connectivity index (χ1) is 9.22. The van der Waals surface area contributed by atoms with Crippen molar-refractivity contribution in [2.24, 2.45) is 0 Å². The summed E-state index contributed by atoms with van der Waals surface area (Å²) in [7, 11) is 2.06. The van der Waals surface area contributed by atoms with Gasteiger partial charge in [-0.25, -0.2) is 0 Å². The first-order valence-corrected chi connectivity index (χ1v) is 7.61. The van der Waals surface area contributed by atoms with Gasteiger partial charge in [-0.2, -0.15) is 4.98 Å². The third kappa shape index (κ3) is 3.81. The molecule has 0 saturated carbocycles. The van der Waals surface area contributed by atoms with Crippen LogP contribution < -0.4 is 0 Å². The molecule has 0 aliphatic carbocycles. The van der Waals surface area contributed by atoms with Crippen LogP contribution in [-0.4, -0.2) is 34.9 Å². The van der Waals surface area contributed by atoms with Gasteiger partial charge >= 0.3 is 0 Å². The molecule has 0 bridgehead atoms. The zero-order valence-corrected chi connectivity index (χ0v) is 12.4. The van der Waals surface area contributed by atoms with E-state index in [1.807, 2.05) is 12.1 Å². The van der Waals surface area contributed by atoms with Gasteiger partial charge in [-0.1, -0.05) is 12.1 Å². The van der Waals surface area contributed by atoms with Gasteiger partial charge in [-0.15, -0.1) is 11.8 Å². The Labute approximate surface area is 118 Å². The lowest BCUT2D eigenvalue weighted by Crippen LogP contribution is -2.18. The van der Waals surface area contributed by atoms with Gasteiger partial charge in [0.05, 0.1) is 6.54 Å². The first-order valence-electron chi connectivity index (χ1n) is 6.38. The summed E-state index contributed by atoms with van der Waals surface area (Å²) in [6.07, 6.45) is 3.18. The molecule has 0 unspecified atom stereocenters. The van der Waals surface area contributed by atoms with Crippen LogP contribution in [0.15, 0.2) is 33.7 Å². The van der Waals surface area contributed by atoms with Gasteiger partial charge in [0, 0.05) is 10.5 Å². The highest BCUT2D eigenvalue weighted by molar-refractivity contribution is 7.98. The standard InChI is InChI=1S/C14H19N3OS/c1-4-9-17(2)10-13-15-14(16-18-13)11-5-7-12(19-3)8-6-11/h5-8H,4,9-10H2,1-3H3. The molecule has 0 saturated heterocycles. The van der Waals surface area contributed by atoms with Crippen LogP contribution in [0.4, 0.5) is 0 Å². The second-order valence-corrected chi connectivity index (χ2v) is 5.36. The molecular weight excluding hydrogens is 258 g/mol. The number of hydrogen-bond donors (Lipinski definition) is 0. The van der Waals surface area contributed by atoms with E-state index in [-0.39, 0.29) is 0 Å². The minimum Gasteiger partial charge on any atom is -0.338 e. The van der Waals surface area contributed by atoms with E-state index in [0.29, 0.717) is 18.3 Å². The first kappa shape index (κ1) is 14.1. The second-order valence-electron chi connectivity index (χ2n) is 4.48. The van der Waals surface area contributed by atoms with Crippen LogP contribution in [0.3, 0.4) is 0 Å². The molecule has 1 aromatic carbocycles. The lowest BCUT2D eigenvalue weighted by molar-refractivity contribution is 0.267. The Balaban J connectivity index is 2.07. The molecular formula is C14H19N3OS. The van der Waals surface area contributed by atoms with Crippen LogP contribution in [0.5, 0.6) is 0 Å². The smallest absolute Gasteiger partial charge is 0.241 e. The normalized spacial score (nSPS) is 11.2. The van der Waals surface area contributed by atoms with E-state index < -0.39 is 0 Å². The fourth-order valence-corrected chi connectivity index (χ4v) is 2.28. The highest BCUT2D eigenvalue weighted by Crippen LogP contribution is 2.21. The Morgan fingerprint density at radius 2 is 2.00 bits per heavy atom. The molecule has 0 aliphatic rings. The van der Waals surface area contributed by atoms with Gasteiger partial charge < -0.3 is 4.52 Å². The Bertz CT molecular complexity index is 510. The van der Waals surface area contributed by atoms with Gasteiger partial charge in [-0.05, 0) is 50.5 Å². The lowest BCUT2D eigenvalue weighted by atomic mass is 10.2. The number of thioether (sulfide) groups is 1. The van der Waals surface area contributed by atoms with E-state index >= 15 is 0 Å². The number of benzene rings is 1. The predicted octanol–water partition coefficient (Wildman–Crippen LogP) is 3.30. The average molecular weight is 277 g/mol. The van der Waals surface area contributed by atoms with E-state index in [1.54, 1.807) is 11.8 Å². The van der Waals surface area contributed by atoms with Crippen molar-refractivity contribution in [3.8, 4) is 11.4 Å². The van der Waals surface area contributed by atoms with E-state index in [2.05, 4.69) is 47.4 Å². The third-order valence-electron chi connectivity index (χ3n) is 2.83. The number of nitrogens with zero attached hydrogens (tertiary/aromatic N) is 3. The quantitative estimate of drug-likeness (QED) is 0.758. The van der Waals surface area contributed by atoms with Crippen molar-refractivity contribution in [3.63, 3.8) is 0 Å². The van der Waals surface area contributed by atoms with E-state index in [4.69, 9.17) is 4.52 Å². The summed E-state index contributed by atoms with van der Waals surface area (Å²) in [4.78, 5) is 7.84. The summed E-state index contributed by atoms with van der Waals surface area (Å²) in [6.45, 7) is 3.88. The number of rotatable bonds is 6. The molecule has 0 amide bonds. The topological polar surface area (TPSA) is 42.2 Å². The Morgan fingerprint density at radius 3 is 2.63 bits per heavy atom. The Hall–Kier alpha value is -1.33. The SMILES string of the molecule is CCCN(C)Cc1nc(-c2ccc(SC)cc2)no1. The molecule has 0 spiro atoms. The van der Waals surface area contributed by atoms with Crippen LogP contribution in [0.25, 0.3) is 11.4 Å². The molecule has 0 aliphatic heterocycles. The Morgan fingerprint density at radius 1 is 1.26 bits per heavy atom. The maximum Gasteiger partial charge on any atom is 0.241 e. The monoisotopic (exact) mass is 277 g/mol. The maximum atomic E-state index is 5.28. The molecule has 0 fully saturated rings. The van der Waals surface area contributed by atoms with E-state index in [1.165, 1.54) is 4.90 Å². The summed E-state index contributed by atoms with van der Waals surface area (Å²) in [6, 6.07) is 8.19. The predicted molar refractivity (Wildman–Crippen MR) is 78.1 cm³/mol. The minimum atomic E-state index is 0.660. The summed E-state index contributed by atoms with van der Waals surface area (Å²) in [5, 5.41) is 4.04. The van der Waals surface area contributed by atoms with E-state index in [9.17, 15) is 0 Å². The third-order valence-corrected chi connectivity index (χ3v) is 3.57. The van der Waals surface area contributed by atoms with Crippen LogP contribution in [0, 0.1) is 0 Å². The van der Waals surface area contributed by atoms with Gasteiger partial charge in [0.1, 0.15) is 0 Å². The van der Waals surface area contributed by atoms with E-state index in [0.717, 1.165) is 18.5 Å². The molecule has 19 heavy (non-hydrogen) atoms. The molecule has 5 heteroatoms. The highest BCUT2D eigenvalue weighted by Gasteiger charge is 2.10. The maximum absolute atomic E-state index is 5.28. The highest BCUT2D eigenvalue weighted by atomic mass is 32.2. The van der Waals surface area contributed by atoms with Crippen molar-refractivity contribution >= 4 is 11.8 Å². The molecule has 4 nitrogen and oxygen atoms in total. The number of aromatic nitrogens is 2. The fraction of sp³-hybridized carbons (Fsp3) is 0.429. The van der Waals surface area contributed by atoms with Crippen molar-refractivity contribution in [3.05, 3.63) is 30.2 Å². The van der Waals surface area contributed by atoms with Gasteiger partial charge in [0.15, 0.2) is 0 Å². The average Bonchev–Trinajstić information content (AvgIpc) is 2.87. The van der Waals surface area contributed by atoms with Crippen molar-refractivity contribution < 1.29 is 4.52 Å². The summed E-state index contributed by atoms with van der Waals surface area (Å²) in [5.74, 6) is 1.33. The van der Waals surface area contributed by atoms with Crippen LogP contribution in [0.2, 0.25) is 0 Å². The summed E-state index contributed by atoms with van der Waals surface area (Å²) >= 11 is 1.72. The molecule has 1 aromatic heterocycles. The zero-order chi connectivity index (χ0) is 13.7. The van der Waals surface area contributed by atoms with Crippen molar-refractivity contribution in [1.82, 2.24) is 15.0 Å². The van der Waals surface area contributed by atoms with Gasteiger partial charge in [-0.3, -0.25) is 4.90 Å². The molecule has 0 atom stereocenters. The minimum absolute atomic E-state index is 0.660. The van der Waals surface area contributed by atoms with Crippen molar-refractivity contribution in [1.29, 1.82) is 0 Å². The summed E-state index contributed by atoms with van der Waals surface area (Å²) in [5.41, 5.74) is 0.992. The molecule has 2 aromatic rings. The molecule has 1 heterocycles. The van der Waals surface area contributed by atoms with Gasteiger partial charge in [0.2, 0.25) is 11.7 Å². The lowest BCUT2D eigenvalue weighted by Gasteiger charge is -2.11. The van der Waals surface area contributed by atoms with Crippen molar-refractivity contribution in [2.45, 2.75) is 24.8 Å². The Kier molecular flexibility index (Phi) is 4.99. The largest absolute Gasteiger partial charge is 0.338 e. The molecule has 102 valence electrons. The van der Waals surface area contributed by atoms with Crippen LogP contribution in [-0.2, 0) is 6.54 Å². The second kappa shape index (κ2) is 6.73. The van der Waals surface area contributed by atoms with Crippen LogP contribution in [0.1, 0.15) is 19.2 Å². The fourth-order valence-electron chi connectivity index (χ4n) is 1.87. The molecule has 2 rings (SSSR count). The molecule has 0 N–H and O–H groups in total. The van der Waals surface area contributed by atoms with Crippen molar-refractivity contribution in [2.75, 3.05) is 19.8 Å².